The predicted octanol–water partition coefficient (Wildman–Crippen LogP) is 4.31. The molecule has 6 heteroatoms. The Hall–Kier alpha value is -2.89. The molecule has 0 saturated carbocycles. The number of rotatable bonds is 5. The maximum Gasteiger partial charge on any atom is 0.259 e. The van der Waals surface area contributed by atoms with Gasteiger partial charge in [0.1, 0.15) is 5.75 Å². The van der Waals surface area contributed by atoms with Crippen LogP contribution in [0.4, 0.5) is 5.69 Å². The predicted molar refractivity (Wildman–Crippen MR) is 96.2 cm³/mol. The van der Waals surface area contributed by atoms with Crippen LogP contribution >= 0.6 is 0 Å². The Balaban J connectivity index is 1.94. The maximum atomic E-state index is 12.8. The molecule has 0 aliphatic carbocycles. The summed E-state index contributed by atoms with van der Waals surface area (Å²) >= 11 is 0. The molecule has 0 aliphatic heterocycles. The number of nitrogens with zero attached hydrogens (tertiary/aromatic N) is 2. The van der Waals surface area contributed by atoms with Crippen molar-refractivity contribution in [1.82, 2.24) is 10.1 Å². The van der Waals surface area contributed by atoms with Crippen LogP contribution in [0.1, 0.15) is 48.4 Å². The van der Waals surface area contributed by atoms with Crippen LogP contribution in [0.5, 0.6) is 5.75 Å². The molecule has 1 N–H and O–H groups in total. The van der Waals surface area contributed by atoms with Gasteiger partial charge < -0.3 is 14.6 Å². The molecule has 0 fully saturated rings. The van der Waals surface area contributed by atoms with E-state index in [1.807, 2.05) is 45.0 Å². The van der Waals surface area contributed by atoms with Gasteiger partial charge in [-0.2, -0.15) is 0 Å². The molecule has 1 amide bonds. The lowest BCUT2D eigenvalue weighted by molar-refractivity contribution is 0.102. The van der Waals surface area contributed by atoms with Crippen molar-refractivity contribution < 1.29 is 14.1 Å². The second-order valence-electron chi connectivity index (χ2n) is 6.11. The molecule has 130 valence electrons. The Bertz CT molecular complexity index is 898. The van der Waals surface area contributed by atoms with Crippen LogP contribution in [0.2, 0.25) is 0 Å². The van der Waals surface area contributed by atoms with Crippen LogP contribution in [-0.2, 0) is 0 Å². The zero-order chi connectivity index (χ0) is 18.0. The van der Waals surface area contributed by atoms with Gasteiger partial charge in [0.25, 0.3) is 11.6 Å². The zero-order valence-electron chi connectivity index (χ0n) is 14.8. The lowest BCUT2D eigenvalue weighted by Gasteiger charge is -2.10. The van der Waals surface area contributed by atoms with Gasteiger partial charge in [0.15, 0.2) is 0 Å². The van der Waals surface area contributed by atoms with Gasteiger partial charge in [0.2, 0.25) is 0 Å². The summed E-state index contributed by atoms with van der Waals surface area (Å²) in [6.07, 6.45) is 0. The molecular formula is C19H21N3O3. The molecule has 1 aromatic carbocycles. The number of pyridine rings is 1. The first-order valence-electron chi connectivity index (χ1n) is 8.30. The van der Waals surface area contributed by atoms with Crippen LogP contribution in [0.3, 0.4) is 0 Å². The van der Waals surface area contributed by atoms with Crippen LogP contribution in [0, 0.1) is 6.92 Å². The lowest BCUT2D eigenvalue weighted by Crippen LogP contribution is -2.13. The van der Waals surface area contributed by atoms with Crippen molar-refractivity contribution in [3.05, 3.63) is 47.3 Å². The number of hydrogen-bond donors (Lipinski definition) is 1. The third-order valence-corrected chi connectivity index (χ3v) is 3.90. The number of carbonyl (C=O) groups is 1. The van der Waals surface area contributed by atoms with Crippen LogP contribution in [0.15, 0.2) is 34.9 Å². The van der Waals surface area contributed by atoms with Crippen molar-refractivity contribution in [3.8, 4) is 5.75 Å². The highest BCUT2D eigenvalue weighted by Crippen LogP contribution is 2.26. The minimum atomic E-state index is -0.218. The molecule has 0 aliphatic rings. The molecule has 3 aromatic rings. The highest BCUT2D eigenvalue weighted by atomic mass is 16.5. The van der Waals surface area contributed by atoms with E-state index in [9.17, 15) is 4.79 Å². The van der Waals surface area contributed by atoms with Crippen molar-refractivity contribution in [2.75, 3.05) is 11.9 Å². The molecule has 25 heavy (non-hydrogen) atoms. The summed E-state index contributed by atoms with van der Waals surface area (Å²) in [5.41, 5.74) is 3.04. The highest BCUT2D eigenvalue weighted by Gasteiger charge is 2.19. The standard InChI is InChI=1S/C19H21N3O3/c1-5-24-14-8-6-13(7-9-14)20-18(23)15-10-16(11(2)3)21-19-17(15)12(4)22-25-19/h6-11H,5H2,1-4H3,(H,20,23). The van der Waals surface area contributed by atoms with Crippen molar-refractivity contribution in [2.45, 2.75) is 33.6 Å². The Morgan fingerprint density at radius 1 is 1.28 bits per heavy atom. The van der Waals surface area contributed by atoms with Crippen molar-refractivity contribution >= 4 is 22.7 Å². The van der Waals surface area contributed by atoms with Gasteiger partial charge in [-0.05, 0) is 50.1 Å². The molecule has 0 unspecified atom stereocenters. The topological polar surface area (TPSA) is 77.2 Å². The number of amides is 1. The minimum absolute atomic E-state index is 0.173. The molecule has 0 atom stereocenters. The Morgan fingerprint density at radius 2 is 2.00 bits per heavy atom. The summed E-state index contributed by atoms with van der Waals surface area (Å²) in [6, 6.07) is 9.08. The van der Waals surface area contributed by atoms with Gasteiger partial charge in [-0.25, -0.2) is 4.98 Å². The van der Waals surface area contributed by atoms with Gasteiger partial charge in [-0.3, -0.25) is 4.79 Å². The second-order valence-corrected chi connectivity index (χ2v) is 6.11. The summed E-state index contributed by atoms with van der Waals surface area (Å²) in [5.74, 6) is 0.723. The molecule has 3 rings (SSSR count). The number of aromatic nitrogens is 2. The van der Waals surface area contributed by atoms with Gasteiger partial charge in [0, 0.05) is 11.4 Å². The number of anilines is 1. The molecule has 2 aromatic heterocycles. The maximum absolute atomic E-state index is 12.8. The number of hydrogen-bond acceptors (Lipinski definition) is 5. The van der Waals surface area contributed by atoms with Crippen LogP contribution in [-0.4, -0.2) is 22.7 Å². The average Bonchev–Trinajstić information content (AvgIpc) is 2.97. The van der Waals surface area contributed by atoms with Gasteiger partial charge in [-0.1, -0.05) is 19.0 Å². The molecule has 0 spiro atoms. The molecule has 2 heterocycles. The minimum Gasteiger partial charge on any atom is -0.494 e. The largest absolute Gasteiger partial charge is 0.494 e. The van der Waals surface area contributed by atoms with Crippen LogP contribution < -0.4 is 10.1 Å². The summed E-state index contributed by atoms with van der Waals surface area (Å²) in [4.78, 5) is 17.3. The van der Waals surface area contributed by atoms with E-state index in [4.69, 9.17) is 9.26 Å². The summed E-state index contributed by atoms with van der Waals surface area (Å²) in [7, 11) is 0. The van der Waals surface area contributed by atoms with Gasteiger partial charge >= 0.3 is 0 Å². The zero-order valence-corrected chi connectivity index (χ0v) is 14.8. The Kier molecular flexibility index (Phi) is 4.70. The smallest absolute Gasteiger partial charge is 0.259 e. The number of fused-ring (bicyclic) bond motifs is 1. The number of carbonyl (C=O) groups excluding carboxylic acids is 1. The van der Waals surface area contributed by atoms with Gasteiger partial charge in [-0.15, -0.1) is 0 Å². The second kappa shape index (κ2) is 6.93. The van der Waals surface area contributed by atoms with Gasteiger partial charge in [0.05, 0.1) is 23.3 Å². The molecule has 0 saturated heterocycles. The molecular weight excluding hydrogens is 318 g/mol. The first-order chi connectivity index (χ1) is 12.0. The van der Waals surface area contributed by atoms with E-state index in [-0.39, 0.29) is 11.8 Å². The average molecular weight is 339 g/mol. The first kappa shape index (κ1) is 17.0. The molecule has 0 bridgehead atoms. The van der Waals surface area contributed by atoms with E-state index in [1.165, 1.54) is 0 Å². The summed E-state index contributed by atoms with van der Waals surface area (Å²) in [6.45, 7) is 8.37. The fourth-order valence-corrected chi connectivity index (χ4v) is 2.59. The van der Waals surface area contributed by atoms with E-state index in [1.54, 1.807) is 13.0 Å². The van der Waals surface area contributed by atoms with E-state index in [0.717, 1.165) is 11.4 Å². The fourth-order valence-electron chi connectivity index (χ4n) is 2.59. The summed E-state index contributed by atoms with van der Waals surface area (Å²) in [5, 5.41) is 7.50. The fraction of sp³-hybridized carbons (Fsp3) is 0.316. The first-order valence-corrected chi connectivity index (χ1v) is 8.30. The van der Waals surface area contributed by atoms with E-state index < -0.39 is 0 Å². The quantitative estimate of drug-likeness (QED) is 0.749. The van der Waals surface area contributed by atoms with E-state index in [0.29, 0.717) is 34.7 Å². The molecule has 6 nitrogen and oxygen atoms in total. The van der Waals surface area contributed by atoms with E-state index >= 15 is 0 Å². The van der Waals surface area contributed by atoms with Crippen LogP contribution in [0.25, 0.3) is 11.1 Å². The van der Waals surface area contributed by atoms with E-state index in [2.05, 4.69) is 15.5 Å². The summed E-state index contributed by atoms with van der Waals surface area (Å²) < 4.78 is 10.7. The van der Waals surface area contributed by atoms with Crippen molar-refractivity contribution in [2.24, 2.45) is 0 Å². The Morgan fingerprint density at radius 3 is 2.64 bits per heavy atom. The van der Waals surface area contributed by atoms with Crippen molar-refractivity contribution in [1.29, 1.82) is 0 Å². The SMILES string of the molecule is CCOc1ccc(NC(=O)c2cc(C(C)C)nc3onc(C)c23)cc1. The number of aryl methyl sites for hydroxylation is 1. The third-order valence-electron chi connectivity index (χ3n) is 3.90. The normalized spacial score (nSPS) is 11.1. The molecule has 0 radical (unpaired) electrons. The monoisotopic (exact) mass is 339 g/mol. The lowest BCUT2D eigenvalue weighted by atomic mass is 10.0. The van der Waals surface area contributed by atoms with Crippen molar-refractivity contribution in [3.63, 3.8) is 0 Å². The highest BCUT2D eigenvalue weighted by molar-refractivity contribution is 6.12. The number of nitrogens with one attached hydrogen (secondary N) is 1. The number of ether oxygens (including phenoxy) is 1. The third kappa shape index (κ3) is 3.47. The number of benzene rings is 1. The Labute approximate surface area is 146 Å².